The molecule has 1 spiro atoms. The van der Waals surface area contributed by atoms with Crippen LogP contribution in [0.4, 0.5) is 0 Å². The Morgan fingerprint density at radius 3 is 3.06 bits per heavy atom. The number of rotatable bonds is 3. The summed E-state index contributed by atoms with van der Waals surface area (Å²) in [6.45, 7) is 7.16. The van der Waals surface area contributed by atoms with Crippen molar-refractivity contribution in [2.75, 3.05) is 39.3 Å². The highest BCUT2D eigenvalue weighted by molar-refractivity contribution is 5.71. The van der Waals surface area contributed by atoms with Crippen molar-refractivity contribution in [3.05, 3.63) is 0 Å². The fourth-order valence-corrected chi connectivity index (χ4v) is 2.98. The van der Waals surface area contributed by atoms with Crippen molar-refractivity contribution < 1.29 is 9.53 Å². The zero-order valence-corrected chi connectivity index (χ0v) is 10.1. The van der Waals surface area contributed by atoms with Gasteiger partial charge in [-0.05, 0) is 44.7 Å². The van der Waals surface area contributed by atoms with Crippen LogP contribution >= 0.6 is 0 Å². The second-order valence-corrected chi connectivity index (χ2v) is 5.05. The van der Waals surface area contributed by atoms with Crippen LogP contribution < -0.4 is 5.32 Å². The highest BCUT2D eigenvalue weighted by Gasteiger charge is 2.38. The van der Waals surface area contributed by atoms with Crippen molar-refractivity contribution in [1.82, 2.24) is 10.2 Å². The molecule has 0 aromatic rings. The lowest BCUT2D eigenvalue weighted by atomic mass is 9.79. The second-order valence-electron chi connectivity index (χ2n) is 5.05. The van der Waals surface area contributed by atoms with Gasteiger partial charge < -0.3 is 10.1 Å². The van der Waals surface area contributed by atoms with Crippen LogP contribution in [0.1, 0.15) is 26.2 Å². The van der Waals surface area contributed by atoms with Crippen LogP contribution in [-0.2, 0) is 9.53 Å². The summed E-state index contributed by atoms with van der Waals surface area (Å²) in [6.07, 6.45) is 3.77. The Morgan fingerprint density at radius 2 is 2.38 bits per heavy atom. The van der Waals surface area contributed by atoms with E-state index in [1.165, 1.54) is 19.3 Å². The third kappa shape index (κ3) is 2.74. The first-order valence-electron chi connectivity index (χ1n) is 6.33. The van der Waals surface area contributed by atoms with E-state index < -0.39 is 0 Å². The Kier molecular flexibility index (Phi) is 3.82. The van der Waals surface area contributed by atoms with Crippen molar-refractivity contribution in [3.63, 3.8) is 0 Å². The number of piperidine rings is 1. The molecule has 2 rings (SSSR count). The first-order chi connectivity index (χ1) is 7.74. The number of nitrogens with zero attached hydrogens (tertiary/aromatic N) is 1. The molecule has 0 aliphatic carbocycles. The number of hydrogen-bond acceptors (Lipinski definition) is 4. The summed E-state index contributed by atoms with van der Waals surface area (Å²) < 4.78 is 5.00. The van der Waals surface area contributed by atoms with Crippen molar-refractivity contribution in [2.24, 2.45) is 5.41 Å². The molecule has 4 nitrogen and oxygen atoms in total. The van der Waals surface area contributed by atoms with Crippen LogP contribution in [0.15, 0.2) is 0 Å². The Morgan fingerprint density at radius 1 is 1.50 bits per heavy atom. The number of ether oxygens (including phenoxy) is 1. The minimum absolute atomic E-state index is 0.0782. The molecular formula is C12H22N2O2. The maximum atomic E-state index is 11.4. The number of nitrogens with one attached hydrogen (secondary N) is 1. The van der Waals surface area contributed by atoms with Gasteiger partial charge in [-0.2, -0.15) is 0 Å². The van der Waals surface area contributed by atoms with Crippen LogP contribution in [0.5, 0.6) is 0 Å². The molecule has 1 atom stereocenters. The first kappa shape index (κ1) is 11.9. The van der Waals surface area contributed by atoms with E-state index in [0.29, 0.717) is 18.6 Å². The molecule has 2 fully saturated rings. The molecule has 0 aromatic heterocycles. The van der Waals surface area contributed by atoms with Gasteiger partial charge in [-0.3, -0.25) is 9.69 Å². The van der Waals surface area contributed by atoms with Crippen molar-refractivity contribution >= 4 is 5.97 Å². The van der Waals surface area contributed by atoms with Gasteiger partial charge in [0, 0.05) is 13.1 Å². The molecule has 1 N–H and O–H groups in total. The third-order valence-corrected chi connectivity index (χ3v) is 3.73. The number of carbonyl (C=O) groups is 1. The highest BCUT2D eigenvalue weighted by atomic mass is 16.5. The lowest BCUT2D eigenvalue weighted by Crippen LogP contribution is -2.46. The van der Waals surface area contributed by atoms with Gasteiger partial charge in [0.05, 0.1) is 13.2 Å². The van der Waals surface area contributed by atoms with Gasteiger partial charge in [-0.25, -0.2) is 0 Å². The molecule has 2 heterocycles. The van der Waals surface area contributed by atoms with Gasteiger partial charge >= 0.3 is 5.97 Å². The fraction of sp³-hybridized carbons (Fsp3) is 0.917. The summed E-state index contributed by atoms with van der Waals surface area (Å²) in [6, 6.07) is 0. The maximum Gasteiger partial charge on any atom is 0.320 e. The summed E-state index contributed by atoms with van der Waals surface area (Å²) in [5.74, 6) is -0.0782. The standard InChI is InChI=1S/C12H22N2O2/c1-2-16-11(15)8-14-7-3-4-12(10-14)5-6-13-9-12/h13H,2-10H2,1H3/t12-/m1/s1. The van der Waals surface area contributed by atoms with E-state index >= 15 is 0 Å². The SMILES string of the molecule is CCOC(=O)CN1CCC[C@]2(CCNC2)C1. The molecule has 2 saturated heterocycles. The topological polar surface area (TPSA) is 41.6 Å². The summed E-state index contributed by atoms with van der Waals surface area (Å²) >= 11 is 0. The number of likely N-dealkylation sites (tertiary alicyclic amines) is 1. The largest absolute Gasteiger partial charge is 0.465 e. The normalized spacial score (nSPS) is 30.8. The molecule has 2 aliphatic heterocycles. The zero-order chi connectivity index (χ0) is 11.4. The summed E-state index contributed by atoms with van der Waals surface area (Å²) in [7, 11) is 0. The fourth-order valence-electron chi connectivity index (χ4n) is 2.98. The van der Waals surface area contributed by atoms with E-state index in [0.717, 1.165) is 26.2 Å². The molecule has 0 aromatic carbocycles. The number of carbonyl (C=O) groups excluding carboxylic acids is 1. The lowest BCUT2D eigenvalue weighted by molar-refractivity contribution is -0.145. The monoisotopic (exact) mass is 226 g/mol. The predicted octanol–water partition coefficient (Wildman–Crippen LogP) is 0.625. The highest BCUT2D eigenvalue weighted by Crippen LogP contribution is 2.35. The van der Waals surface area contributed by atoms with Crippen molar-refractivity contribution in [1.29, 1.82) is 0 Å². The molecule has 0 amide bonds. The number of esters is 1. The molecule has 92 valence electrons. The molecule has 4 heteroatoms. The summed E-state index contributed by atoms with van der Waals surface area (Å²) in [5, 5.41) is 3.44. The third-order valence-electron chi connectivity index (χ3n) is 3.73. The van der Waals surface area contributed by atoms with Crippen LogP contribution in [0.25, 0.3) is 0 Å². The molecule has 0 bridgehead atoms. The summed E-state index contributed by atoms with van der Waals surface area (Å²) in [4.78, 5) is 13.7. The smallest absolute Gasteiger partial charge is 0.320 e. The lowest BCUT2D eigenvalue weighted by Gasteiger charge is -2.39. The van der Waals surface area contributed by atoms with Gasteiger partial charge in [-0.1, -0.05) is 0 Å². The Bertz CT molecular complexity index is 249. The Labute approximate surface area is 97.3 Å². The van der Waals surface area contributed by atoms with Gasteiger partial charge in [0.15, 0.2) is 0 Å². The van der Waals surface area contributed by atoms with E-state index in [2.05, 4.69) is 10.2 Å². The minimum Gasteiger partial charge on any atom is -0.465 e. The van der Waals surface area contributed by atoms with Crippen molar-refractivity contribution in [3.8, 4) is 0 Å². The average molecular weight is 226 g/mol. The van der Waals surface area contributed by atoms with Crippen LogP contribution in [0.3, 0.4) is 0 Å². The van der Waals surface area contributed by atoms with Gasteiger partial charge in [-0.15, -0.1) is 0 Å². The van der Waals surface area contributed by atoms with Crippen LogP contribution in [-0.4, -0.2) is 50.2 Å². The van der Waals surface area contributed by atoms with Gasteiger partial charge in [0.25, 0.3) is 0 Å². The van der Waals surface area contributed by atoms with E-state index in [4.69, 9.17) is 4.74 Å². The average Bonchev–Trinajstić information content (AvgIpc) is 2.66. The molecule has 0 unspecified atom stereocenters. The van der Waals surface area contributed by atoms with Crippen molar-refractivity contribution in [2.45, 2.75) is 26.2 Å². The van der Waals surface area contributed by atoms with E-state index in [-0.39, 0.29) is 5.97 Å². The van der Waals surface area contributed by atoms with E-state index in [1.54, 1.807) is 0 Å². The molecule has 0 radical (unpaired) electrons. The van der Waals surface area contributed by atoms with E-state index in [1.807, 2.05) is 6.92 Å². The Balaban J connectivity index is 1.84. The second kappa shape index (κ2) is 5.15. The number of hydrogen-bond donors (Lipinski definition) is 1. The molecule has 16 heavy (non-hydrogen) atoms. The van der Waals surface area contributed by atoms with Crippen LogP contribution in [0.2, 0.25) is 0 Å². The molecule has 0 saturated carbocycles. The van der Waals surface area contributed by atoms with Gasteiger partial charge in [0.2, 0.25) is 0 Å². The quantitative estimate of drug-likeness (QED) is 0.717. The minimum atomic E-state index is -0.0782. The van der Waals surface area contributed by atoms with E-state index in [9.17, 15) is 4.79 Å². The summed E-state index contributed by atoms with van der Waals surface area (Å²) in [5.41, 5.74) is 0.435. The first-order valence-corrected chi connectivity index (χ1v) is 6.33. The zero-order valence-electron chi connectivity index (χ0n) is 10.1. The predicted molar refractivity (Wildman–Crippen MR) is 62.2 cm³/mol. The molecular weight excluding hydrogens is 204 g/mol. The van der Waals surface area contributed by atoms with Crippen LogP contribution in [0, 0.1) is 5.41 Å². The Hall–Kier alpha value is -0.610. The maximum absolute atomic E-state index is 11.4. The molecule has 2 aliphatic rings. The van der Waals surface area contributed by atoms with Gasteiger partial charge in [0.1, 0.15) is 0 Å².